The summed E-state index contributed by atoms with van der Waals surface area (Å²) in [5.41, 5.74) is -0.568. The molecule has 0 unspecified atom stereocenters. The van der Waals surface area contributed by atoms with Crippen LogP contribution in [0.1, 0.15) is 20.8 Å². The molecule has 4 heteroatoms. The van der Waals surface area contributed by atoms with Crippen molar-refractivity contribution < 1.29 is 14.4 Å². The van der Waals surface area contributed by atoms with Gasteiger partial charge in [0.1, 0.15) is 12.1 Å². The summed E-state index contributed by atoms with van der Waals surface area (Å²) in [5, 5.41) is 0.993. The first-order valence-corrected chi connectivity index (χ1v) is 4.58. The van der Waals surface area contributed by atoms with Gasteiger partial charge < -0.3 is 4.74 Å². The van der Waals surface area contributed by atoms with Gasteiger partial charge in [-0.05, 0) is 20.8 Å². The summed E-state index contributed by atoms with van der Waals surface area (Å²) in [5.74, 6) is 2.31. The van der Waals surface area contributed by atoms with Gasteiger partial charge in [0.2, 0.25) is 0 Å². The Morgan fingerprint density at radius 3 is 2.60 bits per heavy atom. The van der Waals surface area contributed by atoms with Crippen LogP contribution < -0.4 is 0 Å². The number of hydrogen-bond acceptors (Lipinski definition) is 3. The van der Waals surface area contributed by atoms with Gasteiger partial charge in [0.25, 0.3) is 0 Å². The minimum atomic E-state index is -0.595. The molecule has 0 aromatic heterocycles. The first-order chi connectivity index (χ1) is 6.90. The van der Waals surface area contributed by atoms with Crippen LogP contribution in [0.4, 0.5) is 4.79 Å². The second-order valence-corrected chi connectivity index (χ2v) is 3.81. The first kappa shape index (κ1) is 13.5. The number of amides is 1. The highest BCUT2D eigenvalue weighted by molar-refractivity contribution is 5.67. The number of nitrogens with zero attached hydrogens (tertiary/aromatic N) is 1. The topological polar surface area (TPSA) is 38.8 Å². The lowest BCUT2D eigenvalue weighted by atomic mass is 10.2. The molecule has 0 aromatic carbocycles. The monoisotopic (exact) mass is 211 g/mol. The van der Waals surface area contributed by atoms with Crippen LogP contribution in [-0.2, 0) is 9.57 Å². The van der Waals surface area contributed by atoms with E-state index in [9.17, 15) is 4.79 Å². The van der Waals surface area contributed by atoms with Crippen LogP contribution in [0.5, 0.6) is 0 Å². The maximum Gasteiger partial charge on any atom is 0.435 e. The Labute approximate surface area is 90.8 Å². The van der Waals surface area contributed by atoms with Gasteiger partial charge >= 0.3 is 6.09 Å². The lowest BCUT2D eigenvalue weighted by Crippen LogP contribution is -2.37. The Morgan fingerprint density at radius 2 is 2.20 bits per heavy atom. The van der Waals surface area contributed by atoms with E-state index in [4.69, 9.17) is 16.0 Å². The van der Waals surface area contributed by atoms with E-state index in [1.807, 2.05) is 0 Å². The number of rotatable bonds is 4. The van der Waals surface area contributed by atoms with Crippen LogP contribution >= 0.6 is 0 Å². The van der Waals surface area contributed by atoms with Crippen molar-refractivity contribution in [1.82, 2.24) is 5.06 Å². The molecule has 4 nitrogen and oxygen atoms in total. The molecule has 0 saturated carbocycles. The summed E-state index contributed by atoms with van der Waals surface area (Å²) in [7, 11) is 0. The summed E-state index contributed by atoms with van der Waals surface area (Å²) in [6.45, 7) is 9.04. The number of hydroxylamine groups is 2. The summed E-state index contributed by atoms with van der Waals surface area (Å²) in [6.07, 6.45) is 6.02. The average molecular weight is 211 g/mol. The van der Waals surface area contributed by atoms with Crippen LogP contribution in [0.3, 0.4) is 0 Å². The van der Waals surface area contributed by atoms with Crippen molar-refractivity contribution in [3.8, 4) is 12.3 Å². The van der Waals surface area contributed by atoms with Crippen molar-refractivity contribution in [3.63, 3.8) is 0 Å². The van der Waals surface area contributed by atoms with Gasteiger partial charge in [0, 0.05) is 0 Å². The van der Waals surface area contributed by atoms with Gasteiger partial charge in [-0.2, -0.15) is 5.06 Å². The Hall–Kier alpha value is -1.47. The Bertz CT molecular complexity index is 260. The van der Waals surface area contributed by atoms with Crippen LogP contribution in [0, 0.1) is 12.3 Å². The van der Waals surface area contributed by atoms with Crippen LogP contribution in [0.25, 0.3) is 0 Å². The molecule has 0 aromatic rings. The third-order valence-electron chi connectivity index (χ3n) is 1.18. The molecule has 0 spiro atoms. The summed E-state index contributed by atoms with van der Waals surface area (Å²) < 4.78 is 5.08. The molecule has 0 saturated heterocycles. The van der Waals surface area contributed by atoms with E-state index in [0.717, 1.165) is 5.06 Å². The number of terminal acetylenes is 1. The molecule has 0 fully saturated rings. The molecule has 84 valence electrons. The smallest absolute Gasteiger partial charge is 0.435 e. The van der Waals surface area contributed by atoms with Gasteiger partial charge in [0.05, 0.1) is 6.61 Å². The summed E-state index contributed by atoms with van der Waals surface area (Å²) >= 11 is 0. The fraction of sp³-hybridized carbons (Fsp3) is 0.545. The van der Waals surface area contributed by atoms with E-state index in [0.29, 0.717) is 0 Å². The van der Waals surface area contributed by atoms with Crippen molar-refractivity contribution in [2.45, 2.75) is 26.4 Å². The predicted octanol–water partition coefficient (Wildman–Crippen LogP) is 1.97. The largest absolute Gasteiger partial charge is 0.442 e. The third kappa shape index (κ3) is 6.58. The van der Waals surface area contributed by atoms with Crippen molar-refractivity contribution >= 4 is 6.09 Å². The number of carbonyl (C=O) groups excluding carboxylic acids is 1. The normalized spacial score (nSPS) is 10.3. The quantitative estimate of drug-likeness (QED) is 0.405. The zero-order valence-corrected chi connectivity index (χ0v) is 9.45. The lowest BCUT2D eigenvalue weighted by molar-refractivity contribution is -0.129. The third-order valence-corrected chi connectivity index (χ3v) is 1.18. The summed E-state index contributed by atoms with van der Waals surface area (Å²) in [4.78, 5) is 16.5. The fourth-order valence-corrected chi connectivity index (χ4v) is 0.701. The standard InChI is InChI=1S/C11H17NO3/c1-6-8-12(14-9-7-2)10(13)15-11(3,4)5/h1,7H,2,8-9H2,3-5H3. The molecule has 0 heterocycles. The van der Waals surface area contributed by atoms with E-state index in [-0.39, 0.29) is 13.2 Å². The van der Waals surface area contributed by atoms with Crippen molar-refractivity contribution in [1.29, 1.82) is 0 Å². The Kier molecular flexibility index (Phi) is 5.50. The molecule has 0 radical (unpaired) electrons. The molecule has 15 heavy (non-hydrogen) atoms. The van der Waals surface area contributed by atoms with Crippen molar-refractivity contribution in [2.75, 3.05) is 13.2 Å². The molecule has 0 aliphatic rings. The van der Waals surface area contributed by atoms with Gasteiger partial charge in [0.15, 0.2) is 0 Å². The second-order valence-electron chi connectivity index (χ2n) is 3.81. The van der Waals surface area contributed by atoms with Gasteiger partial charge in [-0.3, -0.25) is 4.84 Å². The van der Waals surface area contributed by atoms with Crippen molar-refractivity contribution in [2.24, 2.45) is 0 Å². The van der Waals surface area contributed by atoms with Crippen LogP contribution in [0.2, 0.25) is 0 Å². The molecule has 1 amide bonds. The fourth-order valence-electron chi connectivity index (χ4n) is 0.701. The zero-order valence-electron chi connectivity index (χ0n) is 9.45. The Balaban J connectivity index is 4.29. The maximum absolute atomic E-state index is 11.5. The minimum absolute atomic E-state index is 0.0444. The van der Waals surface area contributed by atoms with E-state index in [2.05, 4.69) is 12.5 Å². The highest BCUT2D eigenvalue weighted by Crippen LogP contribution is 2.09. The highest BCUT2D eigenvalue weighted by atomic mass is 16.7. The molecule has 0 rings (SSSR count). The van der Waals surface area contributed by atoms with E-state index in [1.165, 1.54) is 6.08 Å². The number of hydrogen-bond donors (Lipinski definition) is 0. The Morgan fingerprint density at radius 1 is 1.60 bits per heavy atom. The molecular formula is C11H17NO3. The van der Waals surface area contributed by atoms with Crippen molar-refractivity contribution in [3.05, 3.63) is 12.7 Å². The molecule has 0 aliphatic carbocycles. The van der Waals surface area contributed by atoms with E-state index in [1.54, 1.807) is 20.8 Å². The first-order valence-electron chi connectivity index (χ1n) is 4.58. The molecule has 0 aliphatic heterocycles. The van der Waals surface area contributed by atoms with Gasteiger partial charge in [-0.1, -0.05) is 12.0 Å². The minimum Gasteiger partial charge on any atom is -0.442 e. The van der Waals surface area contributed by atoms with E-state index < -0.39 is 11.7 Å². The molecule has 0 N–H and O–H groups in total. The molecule has 0 bridgehead atoms. The SMILES string of the molecule is C#CCN(OCC=C)C(=O)OC(C)(C)C. The van der Waals surface area contributed by atoms with Crippen LogP contribution in [0.15, 0.2) is 12.7 Å². The summed E-state index contributed by atoms with van der Waals surface area (Å²) in [6, 6.07) is 0. The van der Waals surface area contributed by atoms with Gasteiger partial charge in [-0.15, -0.1) is 13.0 Å². The second kappa shape index (κ2) is 6.10. The van der Waals surface area contributed by atoms with Crippen LogP contribution in [-0.4, -0.2) is 29.9 Å². The highest BCUT2D eigenvalue weighted by Gasteiger charge is 2.21. The zero-order chi connectivity index (χ0) is 11.9. The lowest BCUT2D eigenvalue weighted by Gasteiger charge is -2.24. The van der Waals surface area contributed by atoms with E-state index >= 15 is 0 Å². The maximum atomic E-state index is 11.5. The molecule has 0 atom stereocenters. The number of ether oxygens (including phenoxy) is 1. The number of carbonyl (C=O) groups is 1. The predicted molar refractivity (Wildman–Crippen MR) is 57.9 cm³/mol. The molecular weight excluding hydrogens is 194 g/mol. The van der Waals surface area contributed by atoms with Gasteiger partial charge in [-0.25, -0.2) is 4.79 Å². The average Bonchev–Trinajstić information content (AvgIpc) is 2.09.